The number of amides is 2. The lowest BCUT2D eigenvalue weighted by molar-refractivity contribution is -0.141. The SMILES string of the molecule is CC(CCCCNC(=O)OC(C)(C)C)C(=O)O.CC(CO)CCCCNC(=O)OC(C)(C)C. The van der Waals surface area contributed by atoms with Crippen molar-refractivity contribution in [3.8, 4) is 0 Å². The van der Waals surface area contributed by atoms with Gasteiger partial charge in [-0.05, 0) is 73.1 Å². The van der Waals surface area contributed by atoms with Crippen molar-refractivity contribution >= 4 is 18.2 Å². The normalized spacial score (nSPS) is 13.1. The van der Waals surface area contributed by atoms with Crippen LogP contribution < -0.4 is 10.6 Å². The molecule has 0 aliphatic rings. The van der Waals surface area contributed by atoms with Gasteiger partial charge in [0, 0.05) is 19.7 Å². The van der Waals surface area contributed by atoms with Crippen LogP contribution in [0.1, 0.15) is 93.9 Å². The molecule has 33 heavy (non-hydrogen) atoms. The topological polar surface area (TPSA) is 134 Å². The molecule has 0 aliphatic heterocycles. The number of carbonyl (C=O) groups is 3. The van der Waals surface area contributed by atoms with Crippen LogP contribution in [0, 0.1) is 11.8 Å². The molecule has 9 nitrogen and oxygen atoms in total. The molecule has 196 valence electrons. The van der Waals surface area contributed by atoms with Crippen LogP contribution in [0.3, 0.4) is 0 Å². The third-order valence-corrected chi connectivity index (χ3v) is 4.26. The van der Waals surface area contributed by atoms with E-state index in [1.165, 1.54) is 0 Å². The van der Waals surface area contributed by atoms with E-state index in [9.17, 15) is 14.4 Å². The monoisotopic (exact) mass is 476 g/mol. The van der Waals surface area contributed by atoms with E-state index in [4.69, 9.17) is 19.7 Å². The number of aliphatic carboxylic acids is 1. The summed E-state index contributed by atoms with van der Waals surface area (Å²) in [6, 6.07) is 0. The Morgan fingerprint density at radius 3 is 1.48 bits per heavy atom. The van der Waals surface area contributed by atoms with Crippen molar-refractivity contribution in [3.63, 3.8) is 0 Å². The molecular weight excluding hydrogens is 428 g/mol. The lowest BCUT2D eigenvalue weighted by Crippen LogP contribution is -2.33. The highest BCUT2D eigenvalue weighted by Gasteiger charge is 2.16. The second-order valence-electron chi connectivity index (χ2n) is 10.4. The molecule has 2 amide bonds. The van der Waals surface area contributed by atoms with Crippen molar-refractivity contribution < 1.29 is 34.1 Å². The van der Waals surface area contributed by atoms with Gasteiger partial charge in [-0.3, -0.25) is 4.79 Å². The molecule has 0 saturated heterocycles. The molecule has 0 aromatic carbocycles. The molecule has 0 aromatic heterocycles. The Morgan fingerprint density at radius 1 is 0.758 bits per heavy atom. The minimum atomic E-state index is -0.773. The molecule has 0 radical (unpaired) electrons. The Morgan fingerprint density at radius 2 is 1.15 bits per heavy atom. The van der Waals surface area contributed by atoms with Gasteiger partial charge in [-0.2, -0.15) is 0 Å². The summed E-state index contributed by atoms with van der Waals surface area (Å²) in [5.74, 6) is -0.747. The number of hydrogen-bond donors (Lipinski definition) is 4. The summed E-state index contributed by atoms with van der Waals surface area (Å²) >= 11 is 0. The van der Waals surface area contributed by atoms with Crippen LogP contribution in [-0.4, -0.2) is 59.3 Å². The Kier molecular flexibility index (Phi) is 17.5. The van der Waals surface area contributed by atoms with E-state index < -0.39 is 23.3 Å². The molecule has 0 aliphatic carbocycles. The highest BCUT2D eigenvalue weighted by atomic mass is 16.6. The zero-order valence-electron chi connectivity index (χ0n) is 22.0. The number of rotatable bonds is 12. The van der Waals surface area contributed by atoms with Gasteiger partial charge in [0.25, 0.3) is 0 Å². The van der Waals surface area contributed by atoms with E-state index in [1.807, 2.05) is 27.7 Å². The van der Waals surface area contributed by atoms with Crippen molar-refractivity contribution in [1.29, 1.82) is 0 Å². The molecule has 4 N–H and O–H groups in total. The molecule has 0 aromatic rings. The van der Waals surface area contributed by atoms with Crippen molar-refractivity contribution in [3.05, 3.63) is 0 Å². The predicted molar refractivity (Wildman–Crippen MR) is 129 cm³/mol. The number of carboxylic acid groups (broad SMARTS) is 1. The van der Waals surface area contributed by atoms with Gasteiger partial charge in [-0.25, -0.2) is 9.59 Å². The number of unbranched alkanes of at least 4 members (excludes halogenated alkanes) is 2. The number of hydrogen-bond acceptors (Lipinski definition) is 6. The highest BCUT2D eigenvalue weighted by molar-refractivity contribution is 5.69. The fourth-order valence-electron chi connectivity index (χ4n) is 2.42. The quantitative estimate of drug-likeness (QED) is 0.300. The average Bonchev–Trinajstić information content (AvgIpc) is 2.64. The first-order chi connectivity index (χ1) is 15.1. The van der Waals surface area contributed by atoms with Crippen LogP contribution in [0.25, 0.3) is 0 Å². The third-order valence-electron chi connectivity index (χ3n) is 4.26. The van der Waals surface area contributed by atoms with E-state index in [0.29, 0.717) is 25.4 Å². The molecule has 0 heterocycles. The van der Waals surface area contributed by atoms with Crippen LogP contribution >= 0.6 is 0 Å². The lowest BCUT2D eigenvalue weighted by Gasteiger charge is -2.19. The minimum Gasteiger partial charge on any atom is -0.481 e. The Labute approximate surface area is 200 Å². The standard InChI is InChI=1S/C12H23NO4.C12H25NO3/c1-9(10(14)15)7-5-6-8-13-11(16)17-12(2,3)4;1-10(9-14)7-5-6-8-13-11(15)16-12(2,3)4/h9H,5-8H2,1-4H3,(H,13,16)(H,14,15);10,14H,5-9H2,1-4H3,(H,13,15). The molecule has 0 fully saturated rings. The maximum atomic E-state index is 11.2. The number of aliphatic hydroxyl groups is 1. The van der Waals surface area contributed by atoms with Crippen LogP contribution in [0.5, 0.6) is 0 Å². The van der Waals surface area contributed by atoms with Crippen LogP contribution in [0.15, 0.2) is 0 Å². The molecule has 2 atom stereocenters. The van der Waals surface area contributed by atoms with Crippen LogP contribution in [0.2, 0.25) is 0 Å². The zero-order chi connectivity index (χ0) is 26.1. The molecule has 0 saturated carbocycles. The molecular formula is C24H48N2O7. The summed E-state index contributed by atoms with van der Waals surface area (Å²) in [6.45, 7) is 16.0. The van der Waals surface area contributed by atoms with Gasteiger partial charge in [0.2, 0.25) is 0 Å². The number of carboxylic acids is 1. The fourth-order valence-corrected chi connectivity index (χ4v) is 2.42. The van der Waals surface area contributed by atoms with Crippen LogP contribution in [-0.2, 0) is 14.3 Å². The van der Waals surface area contributed by atoms with Crippen molar-refractivity contribution in [2.45, 2.75) is 105 Å². The number of nitrogens with one attached hydrogen (secondary N) is 2. The summed E-state index contributed by atoms with van der Waals surface area (Å²) in [7, 11) is 0. The Balaban J connectivity index is 0. The first-order valence-corrected chi connectivity index (χ1v) is 11.8. The molecule has 0 bridgehead atoms. The average molecular weight is 477 g/mol. The first-order valence-electron chi connectivity index (χ1n) is 11.8. The second kappa shape index (κ2) is 17.4. The van der Waals surface area contributed by atoms with E-state index in [-0.39, 0.29) is 18.6 Å². The molecule has 0 spiro atoms. The van der Waals surface area contributed by atoms with Crippen molar-refractivity contribution in [2.75, 3.05) is 19.7 Å². The zero-order valence-corrected chi connectivity index (χ0v) is 22.0. The molecule has 9 heteroatoms. The van der Waals surface area contributed by atoms with E-state index in [0.717, 1.165) is 32.1 Å². The molecule has 2 unspecified atom stereocenters. The predicted octanol–water partition coefficient (Wildman–Crippen LogP) is 4.71. The third kappa shape index (κ3) is 26.1. The second-order valence-corrected chi connectivity index (χ2v) is 10.4. The fraction of sp³-hybridized carbons (Fsp3) is 0.875. The summed E-state index contributed by atoms with van der Waals surface area (Å²) in [4.78, 5) is 33.0. The Bertz CT molecular complexity index is 554. The summed E-state index contributed by atoms with van der Waals surface area (Å²) < 4.78 is 10.2. The van der Waals surface area contributed by atoms with Gasteiger partial charge in [0.15, 0.2) is 0 Å². The minimum absolute atomic E-state index is 0.236. The summed E-state index contributed by atoms with van der Waals surface area (Å²) in [6.07, 6.45) is 4.31. The molecule has 0 rings (SSSR count). The van der Waals surface area contributed by atoms with Gasteiger partial charge < -0.3 is 30.3 Å². The van der Waals surface area contributed by atoms with Crippen molar-refractivity contribution in [2.24, 2.45) is 11.8 Å². The van der Waals surface area contributed by atoms with E-state index in [2.05, 4.69) is 10.6 Å². The van der Waals surface area contributed by atoms with Gasteiger partial charge in [0.1, 0.15) is 11.2 Å². The summed E-state index contributed by atoms with van der Waals surface area (Å²) in [5.41, 5.74) is -0.919. The van der Waals surface area contributed by atoms with Gasteiger partial charge in [-0.1, -0.05) is 26.7 Å². The number of carbonyl (C=O) groups excluding carboxylic acids is 2. The highest BCUT2D eigenvalue weighted by Crippen LogP contribution is 2.09. The number of aliphatic hydroxyl groups excluding tert-OH is 1. The van der Waals surface area contributed by atoms with E-state index in [1.54, 1.807) is 27.7 Å². The largest absolute Gasteiger partial charge is 0.481 e. The smallest absolute Gasteiger partial charge is 0.407 e. The summed E-state index contributed by atoms with van der Waals surface area (Å²) in [5, 5.41) is 22.8. The number of ether oxygens (including phenoxy) is 2. The Hall–Kier alpha value is -2.03. The van der Waals surface area contributed by atoms with Crippen LogP contribution in [0.4, 0.5) is 9.59 Å². The van der Waals surface area contributed by atoms with Gasteiger partial charge in [0.05, 0.1) is 5.92 Å². The van der Waals surface area contributed by atoms with Gasteiger partial charge in [-0.15, -0.1) is 0 Å². The lowest BCUT2D eigenvalue weighted by atomic mass is 10.0. The van der Waals surface area contributed by atoms with Gasteiger partial charge >= 0.3 is 18.2 Å². The maximum absolute atomic E-state index is 11.2. The van der Waals surface area contributed by atoms with Crippen molar-refractivity contribution in [1.82, 2.24) is 10.6 Å². The maximum Gasteiger partial charge on any atom is 0.407 e. The van der Waals surface area contributed by atoms with E-state index >= 15 is 0 Å². The number of alkyl carbamates (subject to hydrolysis) is 2. The first kappa shape index (κ1) is 33.1.